The summed E-state index contributed by atoms with van der Waals surface area (Å²) in [7, 11) is 1.54. The van der Waals surface area contributed by atoms with Gasteiger partial charge in [-0.1, -0.05) is 0 Å². The van der Waals surface area contributed by atoms with E-state index in [1.54, 1.807) is 25.3 Å². The van der Waals surface area contributed by atoms with Gasteiger partial charge in [0, 0.05) is 60.9 Å². The van der Waals surface area contributed by atoms with E-state index in [0.717, 1.165) is 5.69 Å². The molecule has 3 heterocycles. The smallest absolute Gasteiger partial charge is 0.254 e. The Bertz CT molecular complexity index is 960. The Morgan fingerprint density at radius 1 is 1.23 bits per heavy atom. The van der Waals surface area contributed by atoms with Gasteiger partial charge >= 0.3 is 0 Å². The van der Waals surface area contributed by atoms with Gasteiger partial charge in [0.1, 0.15) is 5.82 Å². The van der Waals surface area contributed by atoms with Gasteiger partial charge in [0.25, 0.3) is 5.56 Å². The highest BCUT2D eigenvalue weighted by molar-refractivity contribution is 5.97. The van der Waals surface area contributed by atoms with Crippen molar-refractivity contribution in [2.24, 2.45) is 5.92 Å². The summed E-state index contributed by atoms with van der Waals surface area (Å²) in [6.45, 7) is 4.72. The van der Waals surface area contributed by atoms with Crippen molar-refractivity contribution < 1.29 is 14.3 Å². The number of piperidine rings is 1. The molecule has 0 aliphatic carbocycles. The average Bonchev–Trinajstić information content (AvgIpc) is 2.77. The Hall–Kier alpha value is -3.03. The molecule has 0 radical (unpaired) electrons. The molecule has 2 aromatic heterocycles. The van der Waals surface area contributed by atoms with Crippen molar-refractivity contribution in [1.82, 2.24) is 19.9 Å². The number of pyridine rings is 1. The van der Waals surface area contributed by atoms with E-state index in [-0.39, 0.29) is 23.2 Å². The maximum absolute atomic E-state index is 12.7. The number of amides is 1. The van der Waals surface area contributed by atoms with Gasteiger partial charge in [0.2, 0.25) is 11.8 Å². The number of rotatable bonds is 7. The van der Waals surface area contributed by atoms with Crippen LogP contribution in [0, 0.1) is 19.8 Å². The van der Waals surface area contributed by atoms with Gasteiger partial charge in [-0.3, -0.25) is 14.4 Å². The Kier molecular flexibility index (Phi) is 6.97. The van der Waals surface area contributed by atoms with Crippen molar-refractivity contribution >= 4 is 11.7 Å². The molecule has 160 valence electrons. The first-order valence-electron chi connectivity index (χ1n) is 10.3. The van der Waals surface area contributed by atoms with Crippen LogP contribution in [0.2, 0.25) is 0 Å². The third-order valence-electron chi connectivity index (χ3n) is 5.70. The topological polar surface area (TPSA) is 105 Å². The van der Waals surface area contributed by atoms with Crippen molar-refractivity contribution in [3.05, 3.63) is 51.3 Å². The molecule has 30 heavy (non-hydrogen) atoms. The predicted molar refractivity (Wildman–Crippen MR) is 112 cm³/mol. The number of aromatic amines is 1. The van der Waals surface area contributed by atoms with E-state index in [4.69, 9.17) is 4.74 Å². The summed E-state index contributed by atoms with van der Waals surface area (Å²) in [5.41, 5.74) is 1.80. The van der Waals surface area contributed by atoms with Crippen molar-refractivity contribution in [2.75, 3.05) is 20.2 Å². The number of H-pyrrole nitrogens is 1. The summed E-state index contributed by atoms with van der Waals surface area (Å²) >= 11 is 0. The number of aryl methyl sites for hydroxylation is 2. The third-order valence-corrected chi connectivity index (χ3v) is 5.70. The van der Waals surface area contributed by atoms with Crippen molar-refractivity contribution in [1.29, 1.82) is 0 Å². The van der Waals surface area contributed by atoms with E-state index in [9.17, 15) is 14.4 Å². The lowest BCUT2D eigenvalue weighted by Crippen LogP contribution is -2.40. The highest BCUT2D eigenvalue weighted by Gasteiger charge is 2.28. The summed E-state index contributed by atoms with van der Waals surface area (Å²) in [5, 5.41) is 0. The first kappa shape index (κ1) is 21.7. The van der Waals surface area contributed by atoms with E-state index < -0.39 is 0 Å². The van der Waals surface area contributed by atoms with Crippen LogP contribution in [0.1, 0.15) is 53.1 Å². The maximum Gasteiger partial charge on any atom is 0.254 e. The molecule has 1 aliphatic heterocycles. The van der Waals surface area contributed by atoms with Gasteiger partial charge in [-0.05, 0) is 39.2 Å². The number of methoxy groups -OCH3 is 1. The molecule has 8 nitrogen and oxygen atoms in total. The number of likely N-dealkylation sites (tertiary alicyclic amines) is 1. The van der Waals surface area contributed by atoms with Crippen LogP contribution < -0.4 is 10.3 Å². The number of ether oxygens (including phenoxy) is 1. The molecule has 1 aliphatic rings. The molecule has 0 atom stereocenters. The highest BCUT2D eigenvalue weighted by Crippen LogP contribution is 2.23. The van der Waals surface area contributed by atoms with Crippen LogP contribution in [0.3, 0.4) is 0 Å². The molecule has 1 saturated heterocycles. The molecule has 1 N–H and O–H groups in total. The first-order valence-corrected chi connectivity index (χ1v) is 10.3. The number of aromatic nitrogens is 3. The van der Waals surface area contributed by atoms with E-state index in [1.807, 2.05) is 11.8 Å². The largest absolute Gasteiger partial charge is 0.481 e. The number of Topliss-reactive ketones (excluding diaryl/α,β-unsaturated/α-hetero) is 1. The summed E-state index contributed by atoms with van der Waals surface area (Å²) in [4.78, 5) is 50.1. The molecule has 1 fully saturated rings. The fraction of sp³-hybridized carbons (Fsp3) is 0.500. The van der Waals surface area contributed by atoms with E-state index in [2.05, 4.69) is 15.0 Å². The first-order chi connectivity index (χ1) is 14.4. The third kappa shape index (κ3) is 5.11. The lowest BCUT2D eigenvalue weighted by Gasteiger charge is -2.31. The minimum atomic E-state index is -0.123. The Labute approximate surface area is 175 Å². The van der Waals surface area contributed by atoms with E-state index in [0.29, 0.717) is 68.0 Å². The molecule has 0 bridgehead atoms. The van der Waals surface area contributed by atoms with Gasteiger partial charge in [-0.2, -0.15) is 0 Å². The van der Waals surface area contributed by atoms with Gasteiger partial charge in [-0.25, -0.2) is 9.97 Å². The second-order valence-corrected chi connectivity index (χ2v) is 7.69. The molecular weight excluding hydrogens is 384 g/mol. The number of hydrogen-bond acceptors (Lipinski definition) is 6. The fourth-order valence-electron chi connectivity index (χ4n) is 3.66. The highest BCUT2D eigenvalue weighted by atomic mass is 16.5. The average molecular weight is 412 g/mol. The number of ketones is 1. The maximum atomic E-state index is 12.7. The van der Waals surface area contributed by atoms with Crippen molar-refractivity contribution in [3.8, 4) is 5.88 Å². The molecular formula is C22H28N4O4. The second-order valence-electron chi connectivity index (χ2n) is 7.69. The summed E-state index contributed by atoms with van der Waals surface area (Å²) in [6, 6.07) is 3.42. The van der Waals surface area contributed by atoms with Gasteiger partial charge in [-0.15, -0.1) is 0 Å². The van der Waals surface area contributed by atoms with Crippen molar-refractivity contribution in [2.45, 2.75) is 46.0 Å². The molecule has 1 amide bonds. The van der Waals surface area contributed by atoms with Gasteiger partial charge in [0.15, 0.2) is 5.78 Å². The van der Waals surface area contributed by atoms with Crippen molar-refractivity contribution in [3.63, 3.8) is 0 Å². The van der Waals surface area contributed by atoms with Crippen LogP contribution in [-0.2, 0) is 11.2 Å². The van der Waals surface area contributed by atoms with Crippen LogP contribution in [0.25, 0.3) is 0 Å². The number of nitrogens with zero attached hydrogens (tertiary/aromatic N) is 3. The van der Waals surface area contributed by atoms with Gasteiger partial charge < -0.3 is 14.6 Å². The normalized spacial score (nSPS) is 14.6. The zero-order chi connectivity index (χ0) is 21.7. The molecule has 0 spiro atoms. The SMILES string of the molecule is COc1ccc(C(=O)C2CCN(C(=O)CCCc3nc(C)c(C)c(=O)[nH]3)CC2)cn1. The molecule has 0 unspecified atom stereocenters. The van der Waals surface area contributed by atoms with Crippen LogP contribution in [0.5, 0.6) is 5.88 Å². The quantitative estimate of drug-likeness (QED) is 0.699. The monoisotopic (exact) mass is 412 g/mol. The summed E-state index contributed by atoms with van der Waals surface area (Å²) < 4.78 is 5.02. The van der Waals surface area contributed by atoms with E-state index in [1.165, 1.54) is 7.11 Å². The Balaban J connectivity index is 1.45. The fourth-order valence-corrected chi connectivity index (χ4v) is 3.66. The zero-order valence-corrected chi connectivity index (χ0v) is 17.7. The lowest BCUT2D eigenvalue weighted by atomic mass is 9.89. The van der Waals surface area contributed by atoms with Crippen LogP contribution >= 0.6 is 0 Å². The van der Waals surface area contributed by atoms with Gasteiger partial charge in [0.05, 0.1) is 7.11 Å². The number of carbonyl (C=O) groups excluding carboxylic acids is 2. The minimum absolute atomic E-state index is 0.0713. The molecule has 2 aromatic rings. The molecule has 8 heteroatoms. The minimum Gasteiger partial charge on any atom is -0.481 e. The Morgan fingerprint density at radius 3 is 2.57 bits per heavy atom. The van der Waals surface area contributed by atoms with Crippen LogP contribution in [0.15, 0.2) is 23.1 Å². The summed E-state index contributed by atoms with van der Waals surface area (Å²) in [5.74, 6) is 1.16. The molecule has 0 saturated carbocycles. The zero-order valence-electron chi connectivity index (χ0n) is 17.7. The second kappa shape index (κ2) is 9.65. The molecule has 3 rings (SSSR count). The predicted octanol–water partition coefficient (Wildman–Crippen LogP) is 2.23. The summed E-state index contributed by atoms with van der Waals surface area (Å²) in [6.07, 6.45) is 4.44. The number of nitrogens with one attached hydrogen (secondary N) is 1. The number of carbonyl (C=O) groups is 2. The van der Waals surface area contributed by atoms with Crippen LogP contribution in [0.4, 0.5) is 0 Å². The molecule has 0 aromatic carbocycles. The Morgan fingerprint density at radius 2 is 1.97 bits per heavy atom. The standard InChI is InChI=1S/C22H28N4O4/c1-14-15(2)24-18(25-22(14)29)5-4-6-20(27)26-11-9-16(10-12-26)21(28)17-7-8-19(30-3)23-13-17/h7-8,13,16H,4-6,9-12H2,1-3H3,(H,24,25,29). The van der Waals surface area contributed by atoms with E-state index >= 15 is 0 Å². The van der Waals surface area contributed by atoms with Crippen LogP contribution in [-0.4, -0.2) is 51.7 Å². The number of hydrogen-bond donors (Lipinski definition) is 1. The lowest BCUT2D eigenvalue weighted by molar-refractivity contribution is -0.132.